The second-order valence-corrected chi connectivity index (χ2v) is 3.63. The molecule has 1 heterocycles. The number of fused-ring (bicyclic) bond motifs is 4. The monoisotopic (exact) mass is 158 g/mol. The average Bonchev–Trinajstić information content (AvgIpc) is 2.44. The average molecular weight is 158 g/mol. The summed E-state index contributed by atoms with van der Waals surface area (Å²) < 4.78 is 0. The van der Waals surface area contributed by atoms with Crippen LogP contribution in [0.5, 0.6) is 0 Å². The molecule has 0 nitrogen and oxygen atoms in total. The van der Waals surface area contributed by atoms with Crippen molar-refractivity contribution in [2.45, 2.75) is 0 Å². The molecule has 0 fully saturated rings. The molecule has 1 aliphatic carbocycles. The molecule has 1 aliphatic rings. The largest absolute Gasteiger partial charge is 0.143 e. The summed E-state index contributed by atoms with van der Waals surface area (Å²) in [7, 11) is 0. The van der Waals surface area contributed by atoms with Crippen LogP contribution in [0.15, 0.2) is 35.7 Å². The summed E-state index contributed by atoms with van der Waals surface area (Å²) in [5.74, 6) is 0. The van der Waals surface area contributed by atoms with Gasteiger partial charge >= 0.3 is 0 Å². The maximum Gasteiger partial charge on any atom is 0.0427 e. The van der Waals surface area contributed by atoms with E-state index in [0.29, 0.717) is 0 Å². The Balaban J connectivity index is 2.38. The number of benzene rings is 1. The molecule has 11 heavy (non-hydrogen) atoms. The molecule has 1 aromatic carbocycles. The van der Waals surface area contributed by atoms with Crippen molar-refractivity contribution in [3.8, 4) is 21.6 Å². The molecule has 0 bridgehead atoms. The highest BCUT2D eigenvalue weighted by molar-refractivity contribution is 7.14. The molecular formula is C10H6S. The first kappa shape index (κ1) is 5.56. The van der Waals surface area contributed by atoms with E-state index in [0.717, 1.165) is 0 Å². The van der Waals surface area contributed by atoms with Crippen LogP contribution in [0.3, 0.4) is 0 Å². The lowest BCUT2D eigenvalue weighted by atomic mass is 9.88. The van der Waals surface area contributed by atoms with Crippen molar-refractivity contribution in [1.29, 1.82) is 0 Å². The summed E-state index contributed by atoms with van der Waals surface area (Å²) in [5, 5.41) is 2.16. The molecule has 2 aromatic rings. The van der Waals surface area contributed by atoms with E-state index in [2.05, 4.69) is 35.7 Å². The number of thiophene rings is 1. The zero-order valence-corrected chi connectivity index (χ0v) is 6.69. The van der Waals surface area contributed by atoms with Gasteiger partial charge in [-0.05, 0) is 17.0 Å². The van der Waals surface area contributed by atoms with E-state index in [-0.39, 0.29) is 0 Å². The second kappa shape index (κ2) is 1.74. The Hall–Kier alpha value is -1.08. The maximum atomic E-state index is 2.20. The van der Waals surface area contributed by atoms with Gasteiger partial charge in [-0.25, -0.2) is 0 Å². The molecule has 0 N–H and O–H groups in total. The molecule has 0 unspecified atom stereocenters. The lowest BCUT2D eigenvalue weighted by Gasteiger charge is -2.18. The topological polar surface area (TPSA) is 0 Å². The van der Waals surface area contributed by atoms with E-state index in [1.54, 1.807) is 0 Å². The van der Waals surface area contributed by atoms with Crippen molar-refractivity contribution in [2.75, 3.05) is 0 Å². The summed E-state index contributed by atoms with van der Waals surface area (Å²) in [4.78, 5) is 1.46. The number of hydrogen-bond donors (Lipinski definition) is 0. The van der Waals surface area contributed by atoms with Crippen LogP contribution >= 0.6 is 11.3 Å². The minimum atomic E-state index is 1.42. The molecule has 3 rings (SSSR count). The standard InChI is InChI=1S/C10H6S/c1-2-4-8-7(3-1)9-5-6-11-10(8)9/h1-6H. The number of hydrogen-bond acceptors (Lipinski definition) is 1. The van der Waals surface area contributed by atoms with Crippen LogP contribution in [0.25, 0.3) is 21.6 Å². The summed E-state index contributed by atoms with van der Waals surface area (Å²) in [5.41, 5.74) is 4.28. The molecular weight excluding hydrogens is 152 g/mol. The highest BCUT2D eigenvalue weighted by atomic mass is 32.1. The third-order valence-corrected chi connectivity index (χ3v) is 3.07. The first-order valence-electron chi connectivity index (χ1n) is 3.64. The zero-order valence-electron chi connectivity index (χ0n) is 5.87. The van der Waals surface area contributed by atoms with Crippen molar-refractivity contribution < 1.29 is 0 Å². The Morgan fingerprint density at radius 3 is 2.55 bits per heavy atom. The molecule has 0 saturated carbocycles. The highest BCUT2D eigenvalue weighted by Crippen LogP contribution is 2.49. The van der Waals surface area contributed by atoms with E-state index in [9.17, 15) is 0 Å². The fourth-order valence-electron chi connectivity index (χ4n) is 1.58. The Morgan fingerprint density at radius 2 is 1.64 bits per heavy atom. The van der Waals surface area contributed by atoms with Crippen LogP contribution < -0.4 is 0 Å². The third-order valence-electron chi connectivity index (χ3n) is 2.13. The van der Waals surface area contributed by atoms with Crippen molar-refractivity contribution in [3.05, 3.63) is 35.7 Å². The normalized spacial score (nSPS) is 11.6. The Bertz CT molecular complexity index is 375. The van der Waals surface area contributed by atoms with Crippen LogP contribution in [-0.2, 0) is 0 Å². The molecule has 0 radical (unpaired) electrons. The molecule has 0 amide bonds. The zero-order chi connectivity index (χ0) is 7.26. The summed E-state index contributed by atoms with van der Waals surface area (Å²) in [6, 6.07) is 10.8. The molecule has 0 saturated heterocycles. The van der Waals surface area contributed by atoms with Gasteiger partial charge in [-0.15, -0.1) is 11.3 Å². The molecule has 0 atom stereocenters. The quantitative estimate of drug-likeness (QED) is 0.470. The fraction of sp³-hybridized carbons (Fsp3) is 0. The SMILES string of the molecule is c1ccc2c(c1)-c1ccsc1-2. The van der Waals surface area contributed by atoms with E-state index in [4.69, 9.17) is 0 Å². The minimum absolute atomic E-state index is 1.42. The van der Waals surface area contributed by atoms with E-state index in [1.807, 2.05) is 11.3 Å². The lowest BCUT2D eigenvalue weighted by Crippen LogP contribution is -1.91. The van der Waals surface area contributed by atoms with Gasteiger partial charge in [-0.2, -0.15) is 0 Å². The van der Waals surface area contributed by atoms with Crippen LogP contribution in [0, 0.1) is 0 Å². The van der Waals surface area contributed by atoms with Crippen molar-refractivity contribution in [2.24, 2.45) is 0 Å². The fourth-order valence-corrected chi connectivity index (χ4v) is 2.53. The van der Waals surface area contributed by atoms with Gasteiger partial charge in [0, 0.05) is 16.0 Å². The Labute approximate surface area is 69.1 Å². The molecule has 0 spiro atoms. The maximum absolute atomic E-state index is 2.20. The van der Waals surface area contributed by atoms with Crippen LogP contribution in [-0.4, -0.2) is 0 Å². The predicted octanol–water partition coefficient (Wildman–Crippen LogP) is 3.40. The van der Waals surface area contributed by atoms with Crippen LogP contribution in [0.4, 0.5) is 0 Å². The van der Waals surface area contributed by atoms with Crippen molar-refractivity contribution >= 4 is 11.3 Å². The Morgan fingerprint density at radius 1 is 0.818 bits per heavy atom. The van der Waals surface area contributed by atoms with Gasteiger partial charge in [0.1, 0.15) is 0 Å². The smallest absolute Gasteiger partial charge is 0.0427 e. The van der Waals surface area contributed by atoms with E-state index >= 15 is 0 Å². The van der Waals surface area contributed by atoms with Gasteiger partial charge in [0.15, 0.2) is 0 Å². The van der Waals surface area contributed by atoms with E-state index < -0.39 is 0 Å². The van der Waals surface area contributed by atoms with Crippen LogP contribution in [0.1, 0.15) is 0 Å². The van der Waals surface area contributed by atoms with Gasteiger partial charge in [0.05, 0.1) is 0 Å². The molecule has 1 heteroatoms. The van der Waals surface area contributed by atoms with Gasteiger partial charge in [0.25, 0.3) is 0 Å². The van der Waals surface area contributed by atoms with Crippen LogP contribution in [0.2, 0.25) is 0 Å². The third kappa shape index (κ3) is 0.548. The van der Waals surface area contributed by atoms with Gasteiger partial charge < -0.3 is 0 Å². The predicted molar refractivity (Wildman–Crippen MR) is 48.7 cm³/mol. The summed E-state index contributed by atoms with van der Waals surface area (Å²) >= 11 is 1.83. The molecule has 1 aromatic heterocycles. The van der Waals surface area contributed by atoms with Gasteiger partial charge in [-0.1, -0.05) is 24.3 Å². The van der Waals surface area contributed by atoms with Gasteiger partial charge in [-0.3, -0.25) is 0 Å². The van der Waals surface area contributed by atoms with Crippen molar-refractivity contribution in [3.63, 3.8) is 0 Å². The van der Waals surface area contributed by atoms with Gasteiger partial charge in [0.2, 0.25) is 0 Å². The summed E-state index contributed by atoms with van der Waals surface area (Å²) in [6.45, 7) is 0. The molecule has 0 aliphatic heterocycles. The second-order valence-electron chi connectivity index (χ2n) is 2.71. The lowest BCUT2D eigenvalue weighted by molar-refractivity contribution is 1.60. The number of rotatable bonds is 0. The first-order chi connectivity index (χ1) is 5.47. The summed E-state index contributed by atoms with van der Waals surface area (Å²) in [6.07, 6.45) is 0. The molecule has 52 valence electrons. The van der Waals surface area contributed by atoms with E-state index in [1.165, 1.54) is 21.6 Å². The first-order valence-corrected chi connectivity index (χ1v) is 4.52. The van der Waals surface area contributed by atoms with Crippen molar-refractivity contribution in [1.82, 2.24) is 0 Å². The minimum Gasteiger partial charge on any atom is -0.143 e. The highest BCUT2D eigenvalue weighted by Gasteiger charge is 2.21. The Kier molecular flexibility index (Phi) is 0.880.